The van der Waals surface area contributed by atoms with Crippen LogP contribution in [0.1, 0.15) is 86.5 Å². The van der Waals surface area contributed by atoms with Crippen LogP contribution in [0.5, 0.6) is 0 Å². The van der Waals surface area contributed by atoms with Gasteiger partial charge in [0.25, 0.3) is 0 Å². The van der Waals surface area contributed by atoms with Crippen molar-refractivity contribution in [2.45, 2.75) is 92.5 Å². The van der Waals surface area contributed by atoms with Crippen molar-refractivity contribution in [2.24, 2.45) is 17.3 Å². The number of rotatable bonds is 18. The van der Waals surface area contributed by atoms with E-state index in [9.17, 15) is 24.0 Å². The first-order chi connectivity index (χ1) is 16.7. The summed E-state index contributed by atoms with van der Waals surface area (Å²) in [6.45, 7) is 15.0. The highest BCUT2D eigenvalue weighted by Crippen LogP contribution is 2.22. The van der Waals surface area contributed by atoms with Crippen molar-refractivity contribution in [1.82, 2.24) is 10.6 Å². The van der Waals surface area contributed by atoms with Gasteiger partial charge in [0.15, 0.2) is 5.78 Å². The molecular formula is C27H45BrN2O6. The first-order valence-corrected chi connectivity index (χ1v) is 13.8. The largest absolute Gasteiger partial charge is 0.462 e. The van der Waals surface area contributed by atoms with Crippen LogP contribution in [0, 0.1) is 17.3 Å². The molecule has 0 radical (unpaired) electrons. The Balaban J connectivity index is 4.81. The molecule has 0 heterocycles. The van der Waals surface area contributed by atoms with Gasteiger partial charge in [-0.25, -0.2) is 4.79 Å². The average molecular weight is 574 g/mol. The van der Waals surface area contributed by atoms with Gasteiger partial charge in [0.1, 0.15) is 5.78 Å². The van der Waals surface area contributed by atoms with Crippen LogP contribution in [0.25, 0.3) is 0 Å². The number of unbranched alkanes of at least 4 members (excludes halogenated alkanes) is 2. The molecule has 206 valence electrons. The minimum Gasteiger partial charge on any atom is -0.462 e. The van der Waals surface area contributed by atoms with Crippen LogP contribution in [-0.2, 0) is 28.7 Å². The normalized spacial score (nSPS) is 13.0. The number of Topliss-reactive ketones (excluding diaryl/α,β-unsaturated/α-hetero) is 2. The van der Waals surface area contributed by atoms with Gasteiger partial charge in [0.05, 0.1) is 12.6 Å². The Labute approximate surface area is 224 Å². The maximum atomic E-state index is 13.1. The second kappa shape index (κ2) is 17.4. The Morgan fingerprint density at radius 3 is 2.17 bits per heavy atom. The Morgan fingerprint density at radius 1 is 1.00 bits per heavy atom. The quantitative estimate of drug-likeness (QED) is 0.109. The number of ketones is 2. The third-order valence-electron chi connectivity index (χ3n) is 5.79. The molecule has 0 bridgehead atoms. The van der Waals surface area contributed by atoms with Crippen LogP contribution in [0.3, 0.4) is 0 Å². The monoisotopic (exact) mass is 572 g/mol. The van der Waals surface area contributed by atoms with Crippen LogP contribution in [0.4, 0.5) is 0 Å². The zero-order valence-corrected chi connectivity index (χ0v) is 24.4. The Hall–Kier alpha value is -2.03. The highest BCUT2D eigenvalue weighted by molar-refractivity contribution is 9.09. The van der Waals surface area contributed by atoms with Gasteiger partial charge < -0.3 is 15.4 Å². The number of hydrogen-bond acceptors (Lipinski definition) is 6. The van der Waals surface area contributed by atoms with Crippen LogP contribution < -0.4 is 10.6 Å². The first-order valence-electron chi connectivity index (χ1n) is 12.7. The molecule has 2 atom stereocenters. The third-order valence-corrected chi connectivity index (χ3v) is 6.46. The van der Waals surface area contributed by atoms with Crippen molar-refractivity contribution in [3.05, 3.63) is 12.2 Å². The number of carbonyl (C=O) groups is 5. The number of hydrogen-bond donors (Lipinski definition) is 2. The van der Waals surface area contributed by atoms with E-state index in [0.29, 0.717) is 49.6 Å². The number of halogens is 1. The summed E-state index contributed by atoms with van der Waals surface area (Å²) in [5.74, 6) is -1.53. The summed E-state index contributed by atoms with van der Waals surface area (Å²) in [5.41, 5.74) is -0.271. The molecule has 0 unspecified atom stereocenters. The van der Waals surface area contributed by atoms with Crippen molar-refractivity contribution in [1.29, 1.82) is 0 Å². The zero-order chi connectivity index (χ0) is 27.9. The van der Waals surface area contributed by atoms with Gasteiger partial charge in [-0.1, -0.05) is 57.1 Å². The zero-order valence-electron chi connectivity index (χ0n) is 22.8. The van der Waals surface area contributed by atoms with E-state index in [2.05, 4.69) is 33.1 Å². The topological polar surface area (TPSA) is 119 Å². The molecule has 0 aromatic carbocycles. The van der Waals surface area contributed by atoms with Gasteiger partial charge in [-0.3, -0.25) is 19.2 Å². The fourth-order valence-electron chi connectivity index (χ4n) is 3.54. The summed E-state index contributed by atoms with van der Waals surface area (Å²) >= 11 is 3.16. The summed E-state index contributed by atoms with van der Waals surface area (Å²) < 4.78 is 5.10. The molecule has 0 aromatic rings. The van der Waals surface area contributed by atoms with Gasteiger partial charge in [-0.2, -0.15) is 0 Å². The Bertz CT molecular complexity index is 773. The summed E-state index contributed by atoms with van der Waals surface area (Å²) in [5, 5.41) is 5.97. The molecule has 9 heteroatoms. The molecular weight excluding hydrogens is 528 g/mol. The van der Waals surface area contributed by atoms with E-state index in [1.165, 1.54) is 6.92 Å². The van der Waals surface area contributed by atoms with E-state index in [4.69, 9.17) is 4.74 Å². The molecule has 0 saturated heterocycles. The van der Waals surface area contributed by atoms with Crippen molar-refractivity contribution in [2.75, 3.05) is 18.5 Å². The van der Waals surface area contributed by atoms with E-state index in [0.717, 1.165) is 6.42 Å². The van der Waals surface area contributed by atoms with Crippen molar-refractivity contribution in [3.63, 3.8) is 0 Å². The minimum atomic E-state index is -0.675. The number of ether oxygens (including phenoxy) is 1. The minimum absolute atomic E-state index is 0.00197. The standard InChI is InChI=1S/C27H45BrN2O6/c1-18(2)22(16-21(32)12-9-8-10-15-36-26(35)19(3)17-28)25(34)30-23(24(33)27(5,6)7)13-11-14-29-20(4)31/h18,22-23H,3,8-17H2,1-2,4-7H3,(H,29,31)(H,30,34)/t22-,23-/m0/s1. The van der Waals surface area contributed by atoms with Crippen LogP contribution in [-0.4, -0.2) is 53.9 Å². The maximum Gasteiger partial charge on any atom is 0.334 e. The van der Waals surface area contributed by atoms with Crippen molar-refractivity contribution >= 4 is 45.3 Å². The molecule has 0 fully saturated rings. The van der Waals surface area contributed by atoms with E-state index < -0.39 is 23.3 Å². The van der Waals surface area contributed by atoms with E-state index >= 15 is 0 Å². The van der Waals surface area contributed by atoms with Crippen LogP contribution in [0.2, 0.25) is 0 Å². The number of carbonyl (C=O) groups excluding carboxylic acids is 5. The number of nitrogens with one attached hydrogen (secondary N) is 2. The molecule has 0 aliphatic heterocycles. The fraction of sp³-hybridized carbons (Fsp3) is 0.741. The molecule has 0 saturated carbocycles. The highest BCUT2D eigenvalue weighted by Gasteiger charge is 2.33. The van der Waals surface area contributed by atoms with E-state index in [-0.39, 0.29) is 42.3 Å². The Kier molecular flexibility index (Phi) is 16.4. The summed E-state index contributed by atoms with van der Waals surface area (Å²) in [6, 6.07) is -0.675. The third kappa shape index (κ3) is 14.5. The van der Waals surface area contributed by atoms with E-state index in [1.54, 1.807) is 0 Å². The number of amides is 2. The van der Waals surface area contributed by atoms with Gasteiger partial charge in [0.2, 0.25) is 11.8 Å². The molecule has 36 heavy (non-hydrogen) atoms. The molecule has 0 aromatic heterocycles. The second-order valence-electron chi connectivity index (χ2n) is 10.6. The predicted molar refractivity (Wildman–Crippen MR) is 145 cm³/mol. The van der Waals surface area contributed by atoms with Gasteiger partial charge >= 0.3 is 5.97 Å². The smallest absolute Gasteiger partial charge is 0.334 e. The maximum absolute atomic E-state index is 13.1. The number of esters is 1. The van der Waals surface area contributed by atoms with Gasteiger partial charge in [-0.05, 0) is 38.0 Å². The summed E-state index contributed by atoms with van der Waals surface area (Å²) in [7, 11) is 0. The van der Waals surface area contributed by atoms with E-state index in [1.807, 2.05) is 34.6 Å². The lowest BCUT2D eigenvalue weighted by atomic mass is 9.83. The lowest BCUT2D eigenvalue weighted by molar-refractivity contribution is -0.139. The molecule has 8 nitrogen and oxygen atoms in total. The average Bonchev–Trinajstić information content (AvgIpc) is 2.79. The molecule has 2 N–H and O–H groups in total. The molecule has 0 aliphatic rings. The number of alkyl halides is 1. The van der Waals surface area contributed by atoms with Gasteiger partial charge in [-0.15, -0.1) is 0 Å². The summed E-state index contributed by atoms with van der Waals surface area (Å²) in [4.78, 5) is 61.3. The fourth-order valence-corrected chi connectivity index (χ4v) is 3.77. The van der Waals surface area contributed by atoms with Gasteiger partial charge in [0, 0.05) is 48.5 Å². The SMILES string of the molecule is C=C(CBr)C(=O)OCCCCCC(=O)C[C@H](C(=O)N[C@@H](CCCNC(C)=O)C(=O)C(C)(C)C)C(C)C. The molecule has 0 aliphatic carbocycles. The summed E-state index contributed by atoms with van der Waals surface area (Å²) in [6.07, 6.45) is 3.46. The van der Waals surface area contributed by atoms with Crippen LogP contribution in [0.15, 0.2) is 12.2 Å². The Morgan fingerprint density at radius 2 is 1.64 bits per heavy atom. The lowest BCUT2D eigenvalue weighted by Crippen LogP contribution is -2.48. The molecule has 0 rings (SSSR count). The van der Waals surface area contributed by atoms with Crippen LogP contribution >= 0.6 is 15.9 Å². The second-order valence-corrected chi connectivity index (χ2v) is 11.1. The predicted octanol–water partition coefficient (Wildman–Crippen LogP) is 4.29. The molecule has 0 spiro atoms. The highest BCUT2D eigenvalue weighted by atomic mass is 79.9. The van der Waals surface area contributed by atoms with Crippen molar-refractivity contribution < 1.29 is 28.7 Å². The first kappa shape index (κ1) is 34.0. The van der Waals surface area contributed by atoms with Crippen molar-refractivity contribution in [3.8, 4) is 0 Å². The molecule has 2 amide bonds. The lowest BCUT2D eigenvalue weighted by Gasteiger charge is -2.28.